The van der Waals surface area contributed by atoms with E-state index in [1.54, 1.807) is 0 Å². The molecule has 1 aliphatic heterocycles. The number of anilines is 1. The molecule has 1 aromatic carbocycles. The van der Waals surface area contributed by atoms with Gasteiger partial charge in [-0.05, 0) is 28.3 Å². The van der Waals surface area contributed by atoms with Crippen molar-refractivity contribution in [3.8, 4) is 0 Å². The lowest BCUT2D eigenvalue weighted by Gasteiger charge is -2.21. The number of aromatic nitrogens is 2. The summed E-state index contributed by atoms with van der Waals surface area (Å²) < 4.78 is 43.5. The van der Waals surface area contributed by atoms with Crippen LogP contribution in [-0.2, 0) is 9.63 Å². The lowest BCUT2D eigenvalue weighted by molar-refractivity contribution is -0.391. The van der Waals surface area contributed by atoms with Gasteiger partial charge < -0.3 is 15.0 Å². The van der Waals surface area contributed by atoms with Crippen LogP contribution in [0, 0.1) is 15.9 Å². The number of carbonyl (C=O) groups excluding carboxylic acids is 1. The summed E-state index contributed by atoms with van der Waals surface area (Å²) in [5, 5.41) is 20.8. The highest BCUT2D eigenvalue weighted by molar-refractivity contribution is 6.12. The van der Waals surface area contributed by atoms with E-state index in [1.807, 2.05) is 0 Å². The van der Waals surface area contributed by atoms with Gasteiger partial charge in [0.15, 0.2) is 11.4 Å². The number of rotatable bonds is 5. The smallest absolute Gasteiger partial charge is 0.360 e. The molecule has 130 valence electrons. The highest BCUT2D eigenvalue weighted by Crippen LogP contribution is 2.31. The number of hydrogen-bond acceptors (Lipinski definition) is 9. The minimum absolute atomic E-state index is 0.123. The molecule has 0 bridgehead atoms. The molecule has 0 saturated carbocycles. The molecule has 0 amide bonds. The number of aldehydes is 1. The molecule has 13 heteroatoms. The van der Waals surface area contributed by atoms with Crippen LogP contribution in [0.25, 0.3) is 0 Å². The quantitative estimate of drug-likeness (QED) is 0.450. The number of carbonyl (C=O) groups is 1. The van der Waals surface area contributed by atoms with Gasteiger partial charge in [-0.1, -0.05) is 5.16 Å². The zero-order valence-corrected chi connectivity index (χ0v) is 11.9. The van der Waals surface area contributed by atoms with Crippen LogP contribution >= 0.6 is 0 Å². The van der Waals surface area contributed by atoms with Gasteiger partial charge in [0.25, 0.3) is 18.3 Å². The molecule has 0 aliphatic carbocycles. The second-order valence-corrected chi connectivity index (χ2v) is 4.62. The van der Waals surface area contributed by atoms with E-state index in [-0.39, 0.29) is 17.8 Å². The first-order valence-electron chi connectivity index (χ1n) is 6.47. The molecule has 2 heterocycles. The van der Waals surface area contributed by atoms with E-state index < -0.39 is 40.5 Å². The number of halogens is 3. The molecule has 2 aromatic rings. The number of oxime groups is 1. The van der Waals surface area contributed by atoms with E-state index in [0.29, 0.717) is 0 Å². The van der Waals surface area contributed by atoms with Gasteiger partial charge in [-0.2, -0.15) is 0 Å². The van der Waals surface area contributed by atoms with Crippen molar-refractivity contribution in [2.45, 2.75) is 12.7 Å². The third-order valence-corrected chi connectivity index (χ3v) is 3.20. The van der Waals surface area contributed by atoms with Crippen molar-refractivity contribution in [2.75, 3.05) is 4.90 Å². The van der Waals surface area contributed by atoms with E-state index in [4.69, 9.17) is 4.84 Å². The predicted molar refractivity (Wildman–Crippen MR) is 72.3 cm³/mol. The molecule has 0 radical (unpaired) electrons. The Morgan fingerprint density at radius 2 is 2.12 bits per heavy atom. The maximum Gasteiger partial charge on any atom is 0.446 e. The van der Waals surface area contributed by atoms with Crippen molar-refractivity contribution in [2.24, 2.45) is 5.16 Å². The topological polar surface area (TPSA) is 124 Å². The maximum atomic E-state index is 13.5. The lowest BCUT2D eigenvalue weighted by atomic mass is 10.1. The Kier molecular flexibility index (Phi) is 4.04. The molecule has 10 nitrogen and oxygen atoms in total. The summed E-state index contributed by atoms with van der Waals surface area (Å²) in [4.78, 5) is 26.9. The standard InChI is InChI=1S/C12H6F3N5O5/c13-7-2-1-5(3-6(7)10(14)15)19-8(4-21)24-17-11(19)9-12(20(22)23)18-25-16-9/h1-4,8,10H. The largest absolute Gasteiger partial charge is 0.446 e. The second-order valence-electron chi connectivity index (χ2n) is 4.62. The molecule has 1 aromatic heterocycles. The van der Waals surface area contributed by atoms with E-state index >= 15 is 0 Å². The van der Waals surface area contributed by atoms with E-state index in [1.165, 1.54) is 0 Å². The van der Waals surface area contributed by atoms with Crippen LogP contribution in [0.2, 0.25) is 0 Å². The number of nitro groups is 1. The van der Waals surface area contributed by atoms with Gasteiger partial charge in [0.1, 0.15) is 5.82 Å². The summed E-state index contributed by atoms with van der Waals surface area (Å²) in [6.45, 7) is 0. The normalized spacial score (nSPS) is 16.7. The SMILES string of the molecule is O=CC1ON=C(c2nonc2[N+](=O)[O-])N1c1ccc(F)c(C(F)F)c1. The average molecular weight is 357 g/mol. The van der Waals surface area contributed by atoms with Crippen LogP contribution in [0.5, 0.6) is 0 Å². The third-order valence-electron chi connectivity index (χ3n) is 3.20. The van der Waals surface area contributed by atoms with Gasteiger partial charge in [-0.15, -0.1) is 4.63 Å². The van der Waals surface area contributed by atoms with Gasteiger partial charge in [0.05, 0.1) is 5.56 Å². The number of amidine groups is 1. The van der Waals surface area contributed by atoms with Crippen LogP contribution in [0.15, 0.2) is 28.0 Å². The fourth-order valence-electron chi connectivity index (χ4n) is 2.12. The Hall–Kier alpha value is -3.51. The van der Waals surface area contributed by atoms with Crippen LogP contribution in [0.3, 0.4) is 0 Å². The molecule has 1 unspecified atom stereocenters. The van der Waals surface area contributed by atoms with E-state index in [9.17, 15) is 28.1 Å². The van der Waals surface area contributed by atoms with Crippen molar-refractivity contribution in [3.63, 3.8) is 0 Å². The van der Waals surface area contributed by atoms with Crippen molar-refractivity contribution in [1.29, 1.82) is 0 Å². The zero-order valence-electron chi connectivity index (χ0n) is 11.9. The highest BCUT2D eigenvalue weighted by Gasteiger charge is 2.40. The van der Waals surface area contributed by atoms with Crippen LogP contribution < -0.4 is 4.90 Å². The van der Waals surface area contributed by atoms with E-state index in [2.05, 4.69) is 20.1 Å². The fourth-order valence-corrected chi connectivity index (χ4v) is 2.12. The summed E-state index contributed by atoms with van der Waals surface area (Å²) in [6, 6.07) is 2.59. The first-order valence-corrected chi connectivity index (χ1v) is 6.47. The van der Waals surface area contributed by atoms with Crippen LogP contribution in [0.4, 0.5) is 24.7 Å². The van der Waals surface area contributed by atoms with E-state index in [0.717, 1.165) is 23.1 Å². The predicted octanol–water partition coefficient (Wildman–Crippen LogP) is 1.78. The zero-order chi connectivity index (χ0) is 18.1. The van der Waals surface area contributed by atoms with Crippen molar-refractivity contribution >= 4 is 23.6 Å². The highest BCUT2D eigenvalue weighted by atomic mass is 19.3. The Morgan fingerprint density at radius 3 is 2.76 bits per heavy atom. The molecule has 0 spiro atoms. The molecule has 25 heavy (non-hydrogen) atoms. The van der Waals surface area contributed by atoms with Gasteiger partial charge >= 0.3 is 5.82 Å². The van der Waals surface area contributed by atoms with Gasteiger partial charge in [0, 0.05) is 5.69 Å². The minimum atomic E-state index is -3.12. The average Bonchev–Trinajstić information content (AvgIpc) is 3.21. The van der Waals surface area contributed by atoms with Gasteiger partial charge in [-0.3, -0.25) is 9.69 Å². The van der Waals surface area contributed by atoms with Crippen molar-refractivity contribution in [1.82, 2.24) is 10.3 Å². The van der Waals surface area contributed by atoms with Crippen LogP contribution in [0.1, 0.15) is 17.7 Å². The Labute approximate surface area is 135 Å². The Bertz CT molecular complexity index is 871. The maximum absolute atomic E-state index is 13.5. The summed E-state index contributed by atoms with van der Waals surface area (Å²) >= 11 is 0. The van der Waals surface area contributed by atoms with Gasteiger partial charge in [-0.25, -0.2) is 13.2 Å². The minimum Gasteiger partial charge on any atom is -0.360 e. The number of hydrogen-bond donors (Lipinski definition) is 0. The molecule has 3 rings (SSSR count). The Balaban J connectivity index is 2.09. The molecule has 0 N–H and O–H groups in total. The molecule has 1 atom stereocenters. The summed E-state index contributed by atoms with van der Waals surface area (Å²) in [5.74, 6) is -2.36. The summed E-state index contributed by atoms with van der Waals surface area (Å²) in [7, 11) is 0. The molecule has 0 fully saturated rings. The third kappa shape index (κ3) is 2.75. The first kappa shape index (κ1) is 16.4. The van der Waals surface area contributed by atoms with Gasteiger partial charge in [0.2, 0.25) is 5.84 Å². The molecular weight excluding hydrogens is 351 g/mol. The summed E-state index contributed by atoms with van der Waals surface area (Å²) in [5.41, 5.74) is -1.54. The molecular formula is C12H6F3N5O5. The molecule has 0 saturated heterocycles. The second kappa shape index (κ2) is 6.18. The Morgan fingerprint density at radius 1 is 1.36 bits per heavy atom. The van der Waals surface area contributed by atoms with Crippen LogP contribution in [-0.4, -0.2) is 33.6 Å². The van der Waals surface area contributed by atoms with Crippen molar-refractivity contribution < 1.29 is 32.4 Å². The number of nitrogens with zero attached hydrogens (tertiary/aromatic N) is 5. The summed E-state index contributed by atoms with van der Waals surface area (Å²) in [6.07, 6.45) is -4.29. The van der Waals surface area contributed by atoms with Crippen molar-refractivity contribution in [3.05, 3.63) is 45.4 Å². The lowest BCUT2D eigenvalue weighted by Crippen LogP contribution is -2.38. The monoisotopic (exact) mass is 357 g/mol. The first-order chi connectivity index (χ1) is 11.9. The number of benzene rings is 1. The molecule has 1 aliphatic rings. The fraction of sp³-hybridized carbons (Fsp3) is 0.167. The number of alkyl halides is 2.